The first kappa shape index (κ1) is 14.8. The van der Waals surface area contributed by atoms with Gasteiger partial charge in [0.05, 0.1) is 6.10 Å². The van der Waals surface area contributed by atoms with Gasteiger partial charge in [-0.25, -0.2) is 0 Å². The van der Waals surface area contributed by atoms with Crippen LogP contribution in [0.5, 0.6) is 11.5 Å². The van der Waals surface area contributed by atoms with E-state index in [9.17, 15) is 10.2 Å². The van der Waals surface area contributed by atoms with Gasteiger partial charge in [0.2, 0.25) is 0 Å². The lowest BCUT2D eigenvalue weighted by molar-refractivity contribution is 0.0760. The number of phenolic OH excluding ortho intramolecular Hbond substituents is 2. The molecule has 0 fully saturated rings. The van der Waals surface area contributed by atoms with Crippen molar-refractivity contribution in [2.45, 2.75) is 39.3 Å². The lowest BCUT2D eigenvalue weighted by Gasteiger charge is -2.08. The fourth-order valence-corrected chi connectivity index (χ4v) is 1.58. The van der Waals surface area contributed by atoms with Gasteiger partial charge >= 0.3 is 0 Å². The summed E-state index contributed by atoms with van der Waals surface area (Å²) in [6, 6.07) is 4.87. The molecule has 1 rings (SSSR count). The van der Waals surface area contributed by atoms with Crippen LogP contribution in [0.3, 0.4) is 0 Å². The summed E-state index contributed by atoms with van der Waals surface area (Å²) in [6.07, 6.45) is 2.42. The number of ether oxygens (including phenoxy) is 1. The molecule has 18 heavy (non-hydrogen) atoms. The van der Waals surface area contributed by atoms with Crippen molar-refractivity contribution in [1.82, 2.24) is 5.32 Å². The third-order valence-electron chi connectivity index (χ3n) is 2.57. The lowest BCUT2D eigenvalue weighted by Crippen LogP contribution is -2.15. The molecule has 0 unspecified atom stereocenters. The summed E-state index contributed by atoms with van der Waals surface area (Å²) in [6.45, 7) is 6.49. The first-order valence-electron chi connectivity index (χ1n) is 6.42. The smallest absolute Gasteiger partial charge is 0.157 e. The van der Waals surface area contributed by atoms with Crippen LogP contribution >= 0.6 is 0 Å². The Bertz CT molecular complexity index is 353. The summed E-state index contributed by atoms with van der Waals surface area (Å²) >= 11 is 0. The first-order valence-corrected chi connectivity index (χ1v) is 6.42. The van der Waals surface area contributed by atoms with Crippen LogP contribution in [0.25, 0.3) is 0 Å². The molecule has 0 bridgehead atoms. The average molecular weight is 253 g/mol. The number of aromatic hydroxyl groups is 2. The molecular formula is C14H23NO3. The summed E-state index contributed by atoms with van der Waals surface area (Å²) < 4.78 is 5.45. The third kappa shape index (κ3) is 5.89. The van der Waals surface area contributed by atoms with Gasteiger partial charge in [-0.3, -0.25) is 0 Å². The molecule has 3 N–H and O–H groups in total. The summed E-state index contributed by atoms with van der Waals surface area (Å²) in [5.41, 5.74) is 0.962. The molecule has 0 aliphatic carbocycles. The second-order valence-corrected chi connectivity index (χ2v) is 4.63. The van der Waals surface area contributed by atoms with Crippen LogP contribution in [-0.4, -0.2) is 29.5 Å². The van der Waals surface area contributed by atoms with Gasteiger partial charge in [-0.1, -0.05) is 6.07 Å². The zero-order chi connectivity index (χ0) is 13.4. The Morgan fingerprint density at radius 1 is 1.17 bits per heavy atom. The normalized spacial score (nSPS) is 11.1. The first-order chi connectivity index (χ1) is 8.59. The van der Waals surface area contributed by atoms with Crippen molar-refractivity contribution in [2.75, 3.05) is 13.2 Å². The van der Waals surface area contributed by atoms with Crippen LogP contribution in [-0.2, 0) is 11.3 Å². The minimum atomic E-state index is -0.0791. The van der Waals surface area contributed by atoms with E-state index in [1.807, 2.05) is 13.8 Å². The van der Waals surface area contributed by atoms with Gasteiger partial charge in [0.1, 0.15) is 0 Å². The molecule has 0 saturated heterocycles. The highest BCUT2D eigenvalue weighted by Gasteiger charge is 2.00. The van der Waals surface area contributed by atoms with Crippen LogP contribution in [0.4, 0.5) is 0 Å². The Kier molecular flexibility index (Phi) is 6.54. The molecule has 1 aromatic carbocycles. The minimum Gasteiger partial charge on any atom is -0.504 e. The summed E-state index contributed by atoms with van der Waals surface area (Å²) in [4.78, 5) is 0. The minimum absolute atomic E-state index is 0.0698. The SMILES string of the molecule is CC(C)OCCCCNCc1ccc(O)c(O)c1. The average Bonchev–Trinajstić information content (AvgIpc) is 2.32. The molecule has 0 spiro atoms. The second-order valence-electron chi connectivity index (χ2n) is 4.63. The second kappa shape index (κ2) is 7.95. The van der Waals surface area contributed by atoms with Crippen molar-refractivity contribution in [1.29, 1.82) is 0 Å². The van der Waals surface area contributed by atoms with Crippen molar-refractivity contribution >= 4 is 0 Å². The summed E-state index contributed by atoms with van der Waals surface area (Å²) in [5.74, 6) is -0.149. The monoisotopic (exact) mass is 253 g/mol. The van der Waals surface area contributed by atoms with E-state index in [1.165, 1.54) is 6.07 Å². The van der Waals surface area contributed by atoms with Gasteiger partial charge in [0.25, 0.3) is 0 Å². The molecule has 0 atom stereocenters. The summed E-state index contributed by atoms with van der Waals surface area (Å²) in [7, 11) is 0. The lowest BCUT2D eigenvalue weighted by atomic mass is 10.2. The van der Waals surface area contributed by atoms with Crippen molar-refractivity contribution in [3.05, 3.63) is 23.8 Å². The van der Waals surface area contributed by atoms with E-state index in [0.717, 1.165) is 31.6 Å². The Morgan fingerprint density at radius 2 is 1.94 bits per heavy atom. The maximum Gasteiger partial charge on any atom is 0.157 e. The Hall–Kier alpha value is -1.26. The van der Waals surface area contributed by atoms with E-state index in [2.05, 4.69) is 5.32 Å². The Balaban J connectivity index is 2.09. The molecule has 0 aromatic heterocycles. The highest BCUT2D eigenvalue weighted by atomic mass is 16.5. The third-order valence-corrected chi connectivity index (χ3v) is 2.57. The van der Waals surface area contributed by atoms with Crippen molar-refractivity contribution < 1.29 is 14.9 Å². The van der Waals surface area contributed by atoms with Crippen molar-refractivity contribution in [3.8, 4) is 11.5 Å². The fourth-order valence-electron chi connectivity index (χ4n) is 1.58. The molecule has 4 heteroatoms. The Morgan fingerprint density at radius 3 is 2.61 bits per heavy atom. The number of phenols is 2. The molecule has 0 aliphatic heterocycles. The van der Waals surface area contributed by atoms with E-state index >= 15 is 0 Å². The molecular weight excluding hydrogens is 230 g/mol. The summed E-state index contributed by atoms with van der Waals surface area (Å²) in [5, 5.41) is 21.8. The van der Waals surface area contributed by atoms with E-state index in [0.29, 0.717) is 12.6 Å². The number of hydrogen-bond donors (Lipinski definition) is 3. The highest BCUT2D eigenvalue weighted by molar-refractivity contribution is 5.40. The molecule has 0 saturated carbocycles. The predicted octanol–water partition coefficient (Wildman–Crippen LogP) is 2.39. The maximum atomic E-state index is 9.33. The number of nitrogens with one attached hydrogen (secondary N) is 1. The van der Waals surface area contributed by atoms with Gasteiger partial charge in [-0.15, -0.1) is 0 Å². The van der Waals surface area contributed by atoms with E-state index in [-0.39, 0.29) is 11.5 Å². The molecule has 0 heterocycles. The Labute approximate surface area is 109 Å². The molecule has 102 valence electrons. The molecule has 4 nitrogen and oxygen atoms in total. The zero-order valence-electron chi connectivity index (χ0n) is 11.1. The number of hydrogen-bond acceptors (Lipinski definition) is 4. The van der Waals surface area contributed by atoms with E-state index < -0.39 is 0 Å². The fraction of sp³-hybridized carbons (Fsp3) is 0.571. The largest absolute Gasteiger partial charge is 0.504 e. The molecule has 0 radical (unpaired) electrons. The molecule has 0 amide bonds. The highest BCUT2D eigenvalue weighted by Crippen LogP contribution is 2.24. The predicted molar refractivity (Wildman–Crippen MR) is 71.8 cm³/mol. The van der Waals surface area contributed by atoms with E-state index in [4.69, 9.17) is 4.74 Å². The van der Waals surface area contributed by atoms with Gasteiger partial charge in [0, 0.05) is 13.2 Å². The van der Waals surface area contributed by atoms with Crippen LogP contribution in [0.1, 0.15) is 32.3 Å². The number of rotatable bonds is 8. The van der Waals surface area contributed by atoms with E-state index in [1.54, 1.807) is 12.1 Å². The van der Waals surface area contributed by atoms with Gasteiger partial charge in [-0.05, 0) is 50.9 Å². The quantitative estimate of drug-likeness (QED) is 0.492. The van der Waals surface area contributed by atoms with Gasteiger partial charge < -0.3 is 20.3 Å². The maximum absolute atomic E-state index is 9.33. The topological polar surface area (TPSA) is 61.7 Å². The standard InChI is InChI=1S/C14H23NO3/c1-11(2)18-8-4-3-7-15-10-12-5-6-13(16)14(17)9-12/h5-6,9,11,15-17H,3-4,7-8,10H2,1-2H3. The zero-order valence-corrected chi connectivity index (χ0v) is 11.1. The number of unbranched alkanes of at least 4 members (excludes halogenated alkanes) is 1. The van der Waals surface area contributed by atoms with Crippen LogP contribution in [0, 0.1) is 0 Å². The van der Waals surface area contributed by atoms with Gasteiger partial charge in [0.15, 0.2) is 11.5 Å². The van der Waals surface area contributed by atoms with Crippen LogP contribution in [0.2, 0.25) is 0 Å². The van der Waals surface area contributed by atoms with Gasteiger partial charge in [-0.2, -0.15) is 0 Å². The van der Waals surface area contributed by atoms with Crippen LogP contribution in [0.15, 0.2) is 18.2 Å². The molecule has 0 aliphatic rings. The van der Waals surface area contributed by atoms with Crippen LogP contribution < -0.4 is 5.32 Å². The van der Waals surface area contributed by atoms with Crippen molar-refractivity contribution in [3.63, 3.8) is 0 Å². The molecule has 1 aromatic rings. The van der Waals surface area contributed by atoms with Crippen molar-refractivity contribution in [2.24, 2.45) is 0 Å². The number of benzene rings is 1.